The molecule has 0 heterocycles. The second kappa shape index (κ2) is 6.06. The predicted molar refractivity (Wildman–Crippen MR) is 126 cm³/mol. The number of benzene rings is 4. The summed E-state index contributed by atoms with van der Waals surface area (Å²) in [6.07, 6.45) is 10.2. The van der Waals surface area contributed by atoms with Crippen molar-refractivity contribution in [2.75, 3.05) is 0 Å². The van der Waals surface area contributed by atoms with E-state index in [4.69, 9.17) is 0 Å². The Morgan fingerprint density at radius 1 is 0.690 bits per heavy atom. The van der Waals surface area contributed by atoms with Crippen molar-refractivity contribution in [1.82, 2.24) is 0 Å². The summed E-state index contributed by atoms with van der Waals surface area (Å²) in [7, 11) is 0. The third kappa shape index (κ3) is 2.26. The smallest absolute Gasteiger partial charge is 0.00138 e. The van der Waals surface area contributed by atoms with Gasteiger partial charge in [0.05, 0.1) is 0 Å². The van der Waals surface area contributed by atoms with Gasteiger partial charge in [-0.1, -0.05) is 84.5 Å². The summed E-state index contributed by atoms with van der Waals surface area (Å²) in [5.74, 6) is 0. The lowest BCUT2D eigenvalue weighted by Crippen LogP contribution is -2.18. The molecule has 6 rings (SSSR count). The fourth-order valence-corrected chi connectivity index (χ4v) is 5.13. The van der Waals surface area contributed by atoms with Crippen LogP contribution in [0, 0.1) is 0 Å². The molecular formula is C29H22. The highest BCUT2D eigenvalue weighted by atomic mass is 14.3. The van der Waals surface area contributed by atoms with Gasteiger partial charge in [-0.25, -0.2) is 0 Å². The fourth-order valence-electron chi connectivity index (χ4n) is 5.13. The topological polar surface area (TPSA) is 0 Å². The minimum atomic E-state index is 1.01. The first-order chi connectivity index (χ1) is 14.2. The van der Waals surface area contributed by atoms with Gasteiger partial charge in [-0.05, 0) is 86.2 Å². The van der Waals surface area contributed by atoms with Crippen LogP contribution in [0.2, 0.25) is 0 Å². The van der Waals surface area contributed by atoms with Crippen LogP contribution in [0.3, 0.4) is 0 Å². The van der Waals surface area contributed by atoms with Crippen LogP contribution >= 0.6 is 0 Å². The Balaban J connectivity index is 1.87. The Hall–Kier alpha value is -3.38. The van der Waals surface area contributed by atoms with Crippen LogP contribution in [-0.4, -0.2) is 0 Å². The van der Waals surface area contributed by atoms with Gasteiger partial charge in [-0.15, -0.1) is 0 Å². The van der Waals surface area contributed by atoms with E-state index in [1.807, 2.05) is 0 Å². The monoisotopic (exact) mass is 370 g/mol. The van der Waals surface area contributed by atoms with Gasteiger partial charge in [0.1, 0.15) is 0 Å². The van der Waals surface area contributed by atoms with Crippen molar-refractivity contribution < 1.29 is 0 Å². The molecule has 4 aromatic carbocycles. The maximum atomic E-state index is 2.40. The Labute approximate surface area is 170 Å². The standard InChI is InChI=1S/C29H22/c1-18(2)21-16-15-20-17-26-24-13-6-5-11-22(24)23-12-7-8-14-25(23)29(26)28(20)27(21)19-9-3-4-10-19/h3-9,11-17H,10H2,1-2H3. The quantitative estimate of drug-likeness (QED) is 0.302. The summed E-state index contributed by atoms with van der Waals surface area (Å²) in [5, 5.41) is 8.10. The summed E-state index contributed by atoms with van der Waals surface area (Å²) >= 11 is 0. The van der Waals surface area contributed by atoms with E-state index in [1.165, 1.54) is 65.4 Å². The normalized spacial score (nSPS) is 14.1. The highest BCUT2D eigenvalue weighted by molar-refractivity contribution is 6.20. The molecule has 0 N–H and O–H groups in total. The van der Waals surface area contributed by atoms with Crippen molar-refractivity contribution in [3.05, 3.63) is 100 Å². The Morgan fingerprint density at radius 2 is 1.38 bits per heavy atom. The Kier molecular flexibility index (Phi) is 3.46. The van der Waals surface area contributed by atoms with Gasteiger partial charge in [0.25, 0.3) is 0 Å². The maximum absolute atomic E-state index is 2.40. The molecule has 0 aromatic heterocycles. The fraction of sp³-hybridized carbons (Fsp3) is 0.103. The van der Waals surface area contributed by atoms with Gasteiger partial charge in [-0.2, -0.15) is 0 Å². The summed E-state index contributed by atoms with van der Waals surface area (Å²) in [5.41, 5.74) is 8.40. The van der Waals surface area contributed by atoms with E-state index in [9.17, 15) is 0 Å². The summed E-state index contributed by atoms with van der Waals surface area (Å²) in [4.78, 5) is 0. The third-order valence-corrected chi connectivity index (χ3v) is 6.39. The van der Waals surface area contributed by atoms with Crippen molar-refractivity contribution in [3.8, 4) is 11.1 Å². The molecule has 0 atom stereocenters. The second-order valence-electron chi connectivity index (χ2n) is 8.30. The van der Waals surface area contributed by atoms with Gasteiger partial charge >= 0.3 is 0 Å². The SMILES string of the molecule is CC(C)=c1ccc2c(c1C1=CC=CC1)-c1c(c3ccccc3c3ccccc13)C=2. The average molecular weight is 370 g/mol. The van der Waals surface area contributed by atoms with Crippen LogP contribution in [0.25, 0.3) is 49.9 Å². The van der Waals surface area contributed by atoms with Crippen molar-refractivity contribution in [1.29, 1.82) is 0 Å². The maximum Gasteiger partial charge on any atom is -0.00138 e. The molecule has 2 aliphatic rings. The lowest BCUT2D eigenvalue weighted by molar-refractivity contribution is 1.37. The van der Waals surface area contributed by atoms with Crippen LogP contribution in [0.5, 0.6) is 0 Å². The third-order valence-electron chi connectivity index (χ3n) is 6.39. The Bertz CT molecular complexity index is 1520. The molecule has 0 spiro atoms. The molecule has 0 saturated heterocycles. The van der Waals surface area contributed by atoms with Crippen molar-refractivity contribution >= 4 is 38.8 Å². The van der Waals surface area contributed by atoms with Crippen LogP contribution in [-0.2, 0) is 0 Å². The van der Waals surface area contributed by atoms with E-state index in [2.05, 4.69) is 98.8 Å². The first-order valence-corrected chi connectivity index (χ1v) is 10.4. The minimum absolute atomic E-state index is 1.01. The first-order valence-electron chi connectivity index (χ1n) is 10.4. The van der Waals surface area contributed by atoms with E-state index in [-0.39, 0.29) is 0 Å². The van der Waals surface area contributed by atoms with E-state index < -0.39 is 0 Å². The number of fused-ring (bicyclic) bond motifs is 8. The molecule has 0 radical (unpaired) electrons. The molecule has 0 fully saturated rings. The zero-order valence-corrected chi connectivity index (χ0v) is 16.8. The van der Waals surface area contributed by atoms with E-state index in [0.717, 1.165) is 6.42 Å². The Morgan fingerprint density at radius 3 is 2.07 bits per heavy atom. The minimum Gasteiger partial charge on any atom is -0.0801 e. The predicted octanol–water partition coefficient (Wildman–Crippen LogP) is 6.34. The lowest BCUT2D eigenvalue weighted by atomic mass is 9.86. The summed E-state index contributed by atoms with van der Waals surface area (Å²) in [6, 6.07) is 22.4. The highest BCUT2D eigenvalue weighted by Gasteiger charge is 2.24. The summed E-state index contributed by atoms with van der Waals surface area (Å²) in [6.45, 7) is 4.46. The van der Waals surface area contributed by atoms with Crippen molar-refractivity contribution in [2.45, 2.75) is 20.3 Å². The van der Waals surface area contributed by atoms with E-state index in [1.54, 1.807) is 0 Å². The van der Waals surface area contributed by atoms with Crippen LogP contribution < -0.4 is 10.4 Å². The van der Waals surface area contributed by atoms with Crippen LogP contribution in [0.4, 0.5) is 0 Å². The second-order valence-corrected chi connectivity index (χ2v) is 8.30. The molecule has 0 amide bonds. The molecule has 2 aliphatic carbocycles. The molecule has 0 bridgehead atoms. The first kappa shape index (κ1) is 16.6. The molecule has 0 aliphatic heterocycles. The lowest BCUT2D eigenvalue weighted by Gasteiger charge is -2.16. The molecule has 138 valence electrons. The molecule has 29 heavy (non-hydrogen) atoms. The molecule has 0 nitrogen and oxygen atoms in total. The number of rotatable bonds is 1. The molecular weight excluding hydrogens is 348 g/mol. The molecule has 4 aromatic rings. The van der Waals surface area contributed by atoms with E-state index >= 15 is 0 Å². The molecule has 0 unspecified atom stereocenters. The van der Waals surface area contributed by atoms with Gasteiger partial charge in [0.2, 0.25) is 0 Å². The van der Waals surface area contributed by atoms with Crippen LogP contribution in [0.1, 0.15) is 31.4 Å². The highest BCUT2D eigenvalue weighted by Crippen LogP contribution is 2.43. The zero-order valence-electron chi connectivity index (χ0n) is 16.8. The van der Waals surface area contributed by atoms with Gasteiger partial charge in [-0.3, -0.25) is 0 Å². The van der Waals surface area contributed by atoms with Crippen molar-refractivity contribution in [2.24, 2.45) is 0 Å². The average Bonchev–Trinajstić information content (AvgIpc) is 3.41. The van der Waals surface area contributed by atoms with Gasteiger partial charge in [0.15, 0.2) is 0 Å². The number of allylic oxidation sites excluding steroid dienone is 4. The van der Waals surface area contributed by atoms with E-state index in [0.29, 0.717) is 0 Å². The summed E-state index contributed by atoms with van der Waals surface area (Å²) < 4.78 is 0. The number of hydrogen-bond donors (Lipinski definition) is 0. The largest absolute Gasteiger partial charge is 0.0801 e. The zero-order chi connectivity index (χ0) is 19.5. The van der Waals surface area contributed by atoms with Crippen molar-refractivity contribution in [3.63, 3.8) is 0 Å². The van der Waals surface area contributed by atoms with Gasteiger partial charge < -0.3 is 0 Å². The van der Waals surface area contributed by atoms with Crippen LogP contribution in [0.15, 0.2) is 78.9 Å². The van der Waals surface area contributed by atoms with Gasteiger partial charge in [0, 0.05) is 0 Å². The molecule has 0 saturated carbocycles. The molecule has 0 heteroatoms. The number of hydrogen-bond acceptors (Lipinski definition) is 0.